The summed E-state index contributed by atoms with van der Waals surface area (Å²) in [6, 6.07) is 9.16. The van der Waals surface area contributed by atoms with Crippen molar-refractivity contribution in [3.63, 3.8) is 0 Å². The lowest BCUT2D eigenvalue weighted by Crippen LogP contribution is -2.31. The van der Waals surface area contributed by atoms with E-state index in [0.717, 1.165) is 10.5 Å². The number of nitrogens with two attached hydrogens (primary N) is 1. The van der Waals surface area contributed by atoms with Crippen LogP contribution in [0.1, 0.15) is 60.2 Å². The highest BCUT2D eigenvalue weighted by Crippen LogP contribution is 2.51. The van der Waals surface area contributed by atoms with Crippen molar-refractivity contribution in [1.82, 2.24) is 0 Å². The molecule has 2 aromatic rings. The van der Waals surface area contributed by atoms with Crippen LogP contribution in [0.25, 0.3) is 0 Å². The van der Waals surface area contributed by atoms with Crippen LogP contribution in [0, 0.1) is 0 Å². The average Bonchev–Trinajstić information content (AvgIpc) is 3.18. The van der Waals surface area contributed by atoms with Crippen LogP contribution in [0.5, 0.6) is 5.75 Å². The number of carbonyl (C=O) groups is 2. The normalized spacial score (nSPS) is 14.0. The van der Waals surface area contributed by atoms with E-state index in [9.17, 15) is 22.8 Å². The molecule has 33 heavy (non-hydrogen) atoms. The number of halogens is 3. The average molecular weight is 464 g/mol. The van der Waals surface area contributed by atoms with E-state index >= 15 is 0 Å². The number of rotatable bonds is 9. The highest BCUT2D eigenvalue weighted by molar-refractivity contribution is 6.07. The standard InChI is InChI=1S/C24H28F3N3O3/c1-3-9-16-18(23(28)32)19(24(25,26)27)21(30-13-8-12-17(30)31)20(22(16)33-4-2)29-14-15-10-6-5-7-11-15/h5-7,10-11,29H,3-4,8-9,12-14H2,1-2H3,(H2,28,32). The summed E-state index contributed by atoms with van der Waals surface area (Å²) in [7, 11) is 0. The number of benzene rings is 2. The first-order chi connectivity index (χ1) is 15.7. The van der Waals surface area contributed by atoms with Crippen molar-refractivity contribution < 1.29 is 27.5 Å². The van der Waals surface area contributed by atoms with Crippen LogP contribution in [-0.4, -0.2) is 25.0 Å². The Balaban J connectivity index is 2.38. The maximum absolute atomic E-state index is 14.5. The molecule has 6 nitrogen and oxygen atoms in total. The second-order valence-electron chi connectivity index (χ2n) is 7.81. The van der Waals surface area contributed by atoms with Crippen LogP contribution in [0.4, 0.5) is 24.5 Å². The highest BCUT2D eigenvalue weighted by Gasteiger charge is 2.45. The Kier molecular flexibility index (Phi) is 7.50. The summed E-state index contributed by atoms with van der Waals surface area (Å²) in [5, 5.41) is 3.09. The van der Waals surface area contributed by atoms with Crippen molar-refractivity contribution in [3.05, 3.63) is 52.6 Å². The van der Waals surface area contributed by atoms with E-state index in [1.165, 1.54) is 0 Å². The number of anilines is 2. The van der Waals surface area contributed by atoms with Gasteiger partial charge in [0.05, 0.1) is 23.4 Å². The van der Waals surface area contributed by atoms with Crippen LogP contribution in [-0.2, 0) is 23.9 Å². The van der Waals surface area contributed by atoms with Gasteiger partial charge in [-0.3, -0.25) is 9.59 Å². The molecule has 1 fully saturated rings. The first-order valence-corrected chi connectivity index (χ1v) is 11.0. The van der Waals surface area contributed by atoms with Crippen molar-refractivity contribution in [2.45, 2.75) is 52.3 Å². The van der Waals surface area contributed by atoms with Gasteiger partial charge in [-0.1, -0.05) is 43.7 Å². The summed E-state index contributed by atoms with van der Waals surface area (Å²) < 4.78 is 49.4. The minimum Gasteiger partial charge on any atom is -0.491 e. The minimum absolute atomic E-state index is 0.0525. The van der Waals surface area contributed by atoms with E-state index < -0.39 is 34.8 Å². The molecule has 1 heterocycles. The Morgan fingerprint density at radius 3 is 2.42 bits per heavy atom. The molecule has 0 spiro atoms. The fourth-order valence-corrected chi connectivity index (χ4v) is 4.21. The number of nitrogens with zero attached hydrogens (tertiary/aromatic N) is 1. The molecule has 2 amide bonds. The fraction of sp³-hybridized carbons (Fsp3) is 0.417. The lowest BCUT2D eigenvalue weighted by atomic mass is 9.91. The van der Waals surface area contributed by atoms with Crippen molar-refractivity contribution in [2.24, 2.45) is 5.73 Å². The molecule has 0 unspecified atom stereocenters. The molecular formula is C24H28F3N3O3. The van der Waals surface area contributed by atoms with Gasteiger partial charge < -0.3 is 20.7 Å². The SMILES string of the molecule is CCCc1c(OCC)c(NCc2ccccc2)c(N2CCCC2=O)c(C(F)(F)F)c1C(N)=O. The molecule has 0 radical (unpaired) electrons. The lowest BCUT2D eigenvalue weighted by molar-refractivity contribution is -0.137. The predicted molar refractivity (Wildman–Crippen MR) is 120 cm³/mol. The summed E-state index contributed by atoms with van der Waals surface area (Å²) in [6.07, 6.45) is -3.75. The van der Waals surface area contributed by atoms with Crippen LogP contribution < -0.4 is 20.7 Å². The van der Waals surface area contributed by atoms with Gasteiger partial charge in [-0.25, -0.2) is 0 Å². The number of alkyl halides is 3. The van der Waals surface area contributed by atoms with Gasteiger partial charge in [-0.15, -0.1) is 0 Å². The topological polar surface area (TPSA) is 84.7 Å². The Morgan fingerprint density at radius 2 is 1.91 bits per heavy atom. The lowest BCUT2D eigenvalue weighted by Gasteiger charge is -2.30. The molecule has 1 aliphatic heterocycles. The predicted octanol–water partition coefficient (Wildman–Crippen LogP) is 4.89. The summed E-state index contributed by atoms with van der Waals surface area (Å²) in [5.41, 5.74) is 4.29. The largest absolute Gasteiger partial charge is 0.491 e. The van der Waals surface area contributed by atoms with Gasteiger partial charge in [0.15, 0.2) is 0 Å². The maximum atomic E-state index is 14.5. The van der Waals surface area contributed by atoms with E-state index in [4.69, 9.17) is 10.5 Å². The Labute approximate surface area is 190 Å². The van der Waals surface area contributed by atoms with Crippen molar-refractivity contribution in [1.29, 1.82) is 0 Å². The Morgan fingerprint density at radius 1 is 1.21 bits per heavy atom. The van der Waals surface area contributed by atoms with Gasteiger partial charge in [-0.05, 0) is 25.3 Å². The monoisotopic (exact) mass is 463 g/mol. The zero-order valence-electron chi connectivity index (χ0n) is 18.7. The molecule has 0 saturated carbocycles. The fourth-order valence-electron chi connectivity index (χ4n) is 4.21. The number of amides is 2. The number of carbonyl (C=O) groups excluding carboxylic acids is 2. The quantitative estimate of drug-likeness (QED) is 0.554. The van der Waals surface area contributed by atoms with E-state index in [2.05, 4.69) is 5.32 Å². The number of hydrogen-bond donors (Lipinski definition) is 2. The summed E-state index contributed by atoms with van der Waals surface area (Å²) in [4.78, 5) is 26.1. The zero-order valence-corrected chi connectivity index (χ0v) is 18.7. The van der Waals surface area contributed by atoms with Crippen LogP contribution in [0.3, 0.4) is 0 Å². The van der Waals surface area contributed by atoms with E-state index in [1.807, 2.05) is 30.3 Å². The summed E-state index contributed by atoms with van der Waals surface area (Å²) >= 11 is 0. The van der Waals surface area contributed by atoms with Crippen LogP contribution in [0.15, 0.2) is 30.3 Å². The first kappa shape index (κ1) is 24.4. The van der Waals surface area contributed by atoms with E-state index in [0.29, 0.717) is 12.8 Å². The smallest absolute Gasteiger partial charge is 0.419 e. The Bertz CT molecular complexity index is 1020. The number of nitrogens with one attached hydrogen (secondary N) is 1. The van der Waals surface area contributed by atoms with Crippen LogP contribution in [0.2, 0.25) is 0 Å². The minimum atomic E-state index is -4.92. The van der Waals surface area contributed by atoms with Crippen molar-refractivity contribution in [2.75, 3.05) is 23.4 Å². The number of hydrogen-bond acceptors (Lipinski definition) is 4. The summed E-state index contributed by atoms with van der Waals surface area (Å²) in [6.45, 7) is 3.98. The van der Waals surface area contributed by atoms with Crippen LogP contribution >= 0.6 is 0 Å². The molecule has 0 atom stereocenters. The first-order valence-electron chi connectivity index (χ1n) is 11.0. The molecule has 2 aromatic carbocycles. The third-order valence-corrected chi connectivity index (χ3v) is 5.50. The van der Waals surface area contributed by atoms with Gasteiger partial charge in [0.25, 0.3) is 0 Å². The third-order valence-electron chi connectivity index (χ3n) is 5.50. The molecule has 9 heteroatoms. The molecule has 0 bridgehead atoms. The molecule has 1 aliphatic rings. The van der Waals surface area contributed by atoms with Gasteiger partial charge in [0.2, 0.25) is 11.8 Å². The molecule has 1 saturated heterocycles. The molecule has 3 N–H and O–H groups in total. The highest BCUT2D eigenvalue weighted by atomic mass is 19.4. The molecule has 0 aliphatic carbocycles. The van der Waals surface area contributed by atoms with E-state index in [1.54, 1.807) is 13.8 Å². The van der Waals surface area contributed by atoms with Gasteiger partial charge in [0.1, 0.15) is 11.4 Å². The molecular weight excluding hydrogens is 435 g/mol. The van der Waals surface area contributed by atoms with Gasteiger partial charge in [-0.2, -0.15) is 13.2 Å². The van der Waals surface area contributed by atoms with E-state index in [-0.39, 0.29) is 49.5 Å². The molecule has 3 rings (SSSR count). The third kappa shape index (κ3) is 5.07. The molecule has 178 valence electrons. The molecule has 0 aromatic heterocycles. The second kappa shape index (κ2) is 10.1. The zero-order chi connectivity index (χ0) is 24.2. The van der Waals surface area contributed by atoms with Crippen molar-refractivity contribution in [3.8, 4) is 5.75 Å². The van der Waals surface area contributed by atoms with Crippen molar-refractivity contribution >= 4 is 23.2 Å². The summed E-state index contributed by atoms with van der Waals surface area (Å²) in [5.74, 6) is -1.51. The number of primary amides is 1. The number of ether oxygens (including phenoxy) is 1. The van der Waals surface area contributed by atoms with Gasteiger partial charge >= 0.3 is 6.18 Å². The van der Waals surface area contributed by atoms with Gasteiger partial charge in [0, 0.05) is 25.1 Å². The maximum Gasteiger partial charge on any atom is 0.419 e. The second-order valence-corrected chi connectivity index (χ2v) is 7.81. The Hall–Kier alpha value is -3.23.